The highest BCUT2D eigenvalue weighted by Crippen LogP contribution is 2.44. The first-order valence-electron chi connectivity index (χ1n) is 6.96. The molecule has 1 amide bonds. The zero-order valence-electron chi connectivity index (χ0n) is 12.0. The quantitative estimate of drug-likeness (QED) is 0.914. The third-order valence-corrected chi connectivity index (χ3v) is 4.27. The minimum atomic E-state index is -0.231. The Morgan fingerprint density at radius 1 is 1.29 bits per heavy atom. The number of carbonyl (C=O) groups is 1. The molecule has 0 radical (unpaired) electrons. The summed E-state index contributed by atoms with van der Waals surface area (Å²) >= 11 is 3.37. The number of hydrogen-bond acceptors (Lipinski definition) is 3. The van der Waals surface area contributed by atoms with Crippen LogP contribution in [0.25, 0.3) is 0 Å². The zero-order chi connectivity index (χ0) is 15.0. The van der Waals surface area contributed by atoms with E-state index in [-0.39, 0.29) is 5.91 Å². The number of aryl methyl sites for hydroxylation is 2. The molecular weight excluding hydrogens is 330 g/mol. The van der Waals surface area contributed by atoms with Gasteiger partial charge in [0, 0.05) is 21.9 Å². The van der Waals surface area contributed by atoms with Crippen molar-refractivity contribution in [3.05, 3.63) is 51.4 Å². The van der Waals surface area contributed by atoms with Crippen LogP contribution in [-0.2, 0) is 0 Å². The highest BCUT2D eigenvalue weighted by molar-refractivity contribution is 9.10. The number of halogens is 1. The Labute approximate surface area is 132 Å². The van der Waals surface area contributed by atoms with Gasteiger partial charge in [-0.25, -0.2) is 9.97 Å². The summed E-state index contributed by atoms with van der Waals surface area (Å²) in [4.78, 5) is 21.1. The van der Waals surface area contributed by atoms with Crippen LogP contribution in [0.4, 0.5) is 5.82 Å². The lowest BCUT2D eigenvalue weighted by Crippen LogP contribution is -2.17. The van der Waals surface area contributed by atoms with Crippen molar-refractivity contribution in [2.75, 3.05) is 5.32 Å². The Morgan fingerprint density at radius 2 is 2.05 bits per heavy atom. The molecule has 2 aromatic heterocycles. The number of carbonyl (C=O) groups excluding carboxylic acids is 1. The lowest BCUT2D eigenvalue weighted by molar-refractivity contribution is 0.102. The molecule has 4 nitrogen and oxygen atoms in total. The average molecular weight is 346 g/mol. The van der Waals surface area contributed by atoms with Crippen molar-refractivity contribution in [1.82, 2.24) is 9.97 Å². The molecule has 1 saturated carbocycles. The summed E-state index contributed by atoms with van der Waals surface area (Å²) in [6.07, 6.45) is 4.07. The van der Waals surface area contributed by atoms with Gasteiger partial charge in [-0.15, -0.1) is 0 Å². The van der Waals surface area contributed by atoms with E-state index in [1.807, 2.05) is 25.1 Å². The fourth-order valence-electron chi connectivity index (χ4n) is 2.42. The third kappa shape index (κ3) is 2.97. The van der Waals surface area contributed by atoms with E-state index in [9.17, 15) is 4.79 Å². The van der Waals surface area contributed by atoms with Gasteiger partial charge in [0.1, 0.15) is 11.5 Å². The molecule has 0 aliphatic heterocycles. The van der Waals surface area contributed by atoms with Crippen LogP contribution in [0.15, 0.2) is 28.9 Å². The number of anilines is 1. The molecule has 0 saturated heterocycles. The summed E-state index contributed by atoms with van der Waals surface area (Å²) in [5, 5.41) is 2.91. The number of nitrogens with one attached hydrogen (secondary N) is 1. The Kier molecular flexibility index (Phi) is 3.76. The predicted octanol–water partition coefficient (Wildman–Crippen LogP) is 3.99. The molecule has 1 aliphatic rings. The Morgan fingerprint density at radius 3 is 2.76 bits per heavy atom. The van der Waals surface area contributed by atoms with Crippen LogP contribution >= 0.6 is 15.9 Å². The first-order valence-corrected chi connectivity index (χ1v) is 7.75. The number of amides is 1. The molecular formula is C16H16BrN3O. The molecule has 21 heavy (non-hydrogen) atoms. The van der Waals surface area contributed by atoms with Gasteiger partial charge in [0.05, 0.1) is 0 Å². The first kappa shape index (κ1) is 14.2. The maximum absolute atomic E-state index is 12.5. The van der Waals surface area contributed by atoms with Crippen molar-refractivity contribution >= 4 is 27.7 Å². The summed E-state index contributed by atoms with van der Waals surface area (Å²) in [5.74, 6) is 0.964. The maximum atomic E-state index is 12.5. The van der Waals surface area contributed by atoms with Crippen LogP contribution in [0, 0.1) is 13.8 Å². The normalized spacial score (nSPS) is 14.0. The van der Waals surface area contributed by atoms with Gasteiger partial charge in [0.15, 0.2) is 0 Å². The number of pyridine rings is 2. The number of rotatable bonds is 3. The fraction of sp³-hybridized carbons (Fsp3) is 0.312. The van der Waals surface area contributed by atoms with Gasteiger partial charge in [-0.05, 0) is 72.3 Å². The standard InChI is InChI=1S/C16H16BrN3O/c1-9-7-8-18-15(13(9)11-4-5-11)20-16(21)14-12(17)6-3-10(2)19-14/h3,6-8,11H,4-5H2,1-2H3,(H,18,20,21). The molecule has 1 N–H and O–H groups in total. The van der Waals surface area contributed by atoms with Crippen molar-refractivity contribution in [3.8, 4) is 0 Å². The van der Waals surface area contributed by atoms with E-state index in [2.05, 4.69) is 38.1 Å². The Bertz CT molecular complexity index is 711. The number of hydrogen-bond donors (Lipinski definition) is 1. The Hall–Kier alpha value is -1.75. The van der Waals surface area contributed by atoms with E-state index in [4.69, 9.17) is 0 Å². The molecule has 1 aliphatic carbocycles. The van der Waals surface area contributed by atoms with E-state index < -0.39 is 0 Å². The second-order valence-corrected chi connectivity index (χ2v) is 6.26. The van der Waals surface area contributed by atoms with E-state index in [0.29, 0.717) is 21.9 Å². The van der Waals surface area contributed by atoms with Crippen LogP contribution < -0.4 is 5.32 Å². The molecule has 0 aromatic carbocycles. The first-order chi connectivity index (χ1) is 10.1. The largest absolute Gasteiger partial charge is 0.305 e. The average Bonchev–Trinajstić information content (AvgIpc) is 3.26. The van der Waals surface area contributed by atoms with Gasteiger partial charge in [0.2, 0.25) is 0 Å². The van der Waals surface area contributed by atoms with E-state index in [1.54, 1.807) is 6.20 Å². The minimum Gasteiger partial charge on any atom is -0.305 e. The van der Waals surface area contributed by atoms with Crippen molar-refractivity contribution in [1.29, 1.82) is 0 Å². The topological polar surface area (TPSA) is 54.9 Å². The van der Waals surface area contributed by atoms with E-state index >= 15 is 0 Å². The molecule has 0 spiro atoms. The Balaban J connectivity index is 1.92. The molecule has 0 unspecified atom stereocenters. The summed E-state index contributed by atoms with van der Waals surface area (Å²) < 4.78 is 0.686. The van der Waals surface area contributed by atoms with Crippen molar-refractivity contribution < 1.29 is 4.79 Å². The number of nitrogens with zero attached hydrogens (tertiary/aromatic N) is 2. The molecule has 0 bridgehead atoms. The van der Waals surface area contributed by atoms with Gasteiger partial charge < -0.3 is 5.32 Å². The van der Waals surface area contributed by atoms with Gasteiger partial charge in [0.25, 0.3) is 5.91 Å². The molecule has 5 heteroatoms. The fourth-order valence-corrected chi connectivity index (χ4v) is 2.82. The van der Waals surface area contributed by atoms with Gasteiger partial charge >= 0.3 is 0 Å². The summed E-state index contributed by atoms with van der Waals surface area (Å²) in [5.41, 5.74) is 3.54. The van der Waals surface area contributed by atoms with Crippen molar-refractivity contribution in [2.24, 2.45) is 0 Å². The van der Waals surface area contributed by atoms with Crippen LogP contribution in [0.5, 0.6) is 0 Å². The van der Waals surface area contributed by atoms with Crippen molar-refractivity contribution in [3.63, 3.8) is 0 Å². The van der Waals surface area contributed by atoms with Crippen LogP contribution in [0.2, 0.25) is 0 Å². The summed E-state index contributed by atoms with van der Waals surface area (Å²) in [6, 6.07) is 5.69. The predicted molar refractivity (Wildman–Crippen MR) is 85.6 cm³/mol. The monoisotopic (exact) mass is 345 g/mol. The maximum Gasteiger partial charge on any atom is 0.276 e. The molecule has 3 rings (SSSR count). The SMILES string of the molecule is Cc1ccc(Br)c(C(=O)Nc2nccc(C)c2C2CC2)n1. The lowest BCUT2D eigenvalue weighted by atomic mass is 10.1. The van der Waals surface area contributed by atoms with E-state index in [0.717, 1.165) is 11.3 Å². The molecule has 0 atom stereocenters. The van der Waals surface area contributed by atoms with Crippen LogP contribution in [-0.4, -0.2) is 15.9 Å². The molecule has 2 aromatic rings. The molecule has 2 heterocycles. The second kappa shape index (κ2) is 5.56. The minimum absolute atomic E-state index is 0.231. The lowest BCUT2D eigenvalue weighted by Gasteiger charge is -2.12. The van der Waals surface area contributed by atoms with Crippen LogP contribution in [0.1, 0.15) is 46.1 Å². The zero-order valence-corrected chi connectivity index (χ0v) is 13.6. The third-order valence-electron chi connectivity index (χ3n) is 3.63. The van der Waals surface area contributed by atoms with Crippen molar-refractivity contribution in [2.45, 2.75) is 32.6 Å². The molecule has 1 fully saturated rings. The highest BCUT2D eigenvalue weighted by atomic mass is 79.9. The van der Waals surface area contributed by atoms with Gasteiger partial charge in [-0.3, -0.25) is 4.79 Å². The molecule has 108 valence electrons. The van der Waals surface area contributed by atoms with Gasteiger partial charge in [-0.1, -0.05) is 0 Å². The smallest absolute Gasteiger partial charge is 0.276 e. The van der Waals surface area contributed by atoms with Crippen LogP contribution in [0.3, 0.4) is 0 Å². The number of aromatic nitrogens is 2. The van der Waals surface area contributed by atoms with Gasteiger partial charge in [-0.2, -0.15) is 0 Å². The van der Waals surface area contributed by atoms with E-state index in [1.165, 1.54) is 18.4 Å². The second-order valence-electron chi connectivity index (χ2n) is 5.40. The highest BCUT2D eigenvalue weighted by Gasteiger charge is 2.29. The summed E-state index contributed by atoms with van der Waals surface area (Å²) in [6.45, 7) is 3.93. The summed E-state index contributed by atoms with van der Waals surface area (Å²) in [7, 11) is 0.